The van der Waals surface area contributed by atoms with Gasteiger partial charge in [0.05, 0.1) is 0 Å². The van der Waals surface area contributed by atoms with E-state index in [1.54, 1.807) is 0 Å². The molecule has 2 aromatic rings. The summed E-state index contributed by atoms with van der Waals surface area (Å²) in [6.45, 7) is 13.1. The van der Waals surface area contributed by atoms with Crippen LogP contribution in [0.5, 0.6) is 5.75 Å². The summed E-state index contributed by atoms with van der Waals surface area (Å²) >= 11 is 0. The third kappa shape index (κ3) is 10.8. The van der Waals surface area contributed by atoms with Crippen LogP contribution < -0.4 is 15.4 Å². The van der Waals surface area contributed by atoms with Gasteiger partial charge in [0, 0.05) is 25.7 Å². The number of hydrogen-bond acceptors (Lipinski definition) is 4. The number of urea groups is 1. The monoisotopic (exact) mass is 550 g/mol. The zero-order chi connectivity index (χ0) is 28.7. The van der Waals surface area contributed by atoms with E-state index >= 15 is 0 Å². The quantitative estimate of drug-likeness (QED) is 0.320. The molecule has 0 radical (unpaired) electrons. The number of carbonyl (C=O) groups is 2. The lowest BCUT2D eigenvalue weighted by Crippen LogP contribution is -2.55. The second-order valence-corrected chi connectivity index (χ2v) is 11.3. The Morgan fingerprint density at radius 3 is 2.12 bits per heavy atom. The number of rotatable bonds is 14. The molecule has 7 nitrogen and oxygen atoms in total. The molecule has 2 aromatic carbocycles. The van der Waals surface area contributed by atoms with Crippen LogP contribution in [-0.2, 0) is 17.8 Å². The summed E-state index contributed by atoms with van der Waals surface area (Å²) < 4.78 is 5.96. The van der Waals surface area contributed by atoms with Gasteiger partial charge in [-0.1, -0.05) is 83.0 Å². The van der Waals surface area contributed by atoms with Crippen LogP contribution in [0, 0.1) is 5.92 Å². The van der Waals surface area contributed by atoms with Crippen molar-refractivity contribution >= 4 is 11.9 Å². The van der Waals surface area contributed by atoms with Crippen molar-refractivity contribution in [3.63, 3.8) is 0 Å². The van der Waals surface area contributed by atoms with E-state index < -0.39 is 6.04 Å². The number of nitrogens with zero attached hydrogens (tertiary/aromatic N) is 2. The van der Waals surface area contributed by atoms with Crippen molar-refractivity contribution < 1.29 is 14.3 Å². The SMILES string of the molecule is CCN(CC)C[C@H](Cc1ccc(OCc2ccccc2)cc1)NC(=O)[C@H](CC(C)C)NC(=O)N1CCCCCC1. The normalized spacial score (nSPS) is 15.4. The number of carbonyl (C=O) groups excluding carboxylic acids is 2. The molecule has 1 fully saturated rings. The van der Waals surface area contributed by atoms with E-state index in [1.165, 1.54) is 0 Å². The summed E-state index contributed by atoms with van der Waals surface area (Å²) in [5.41, 5.74) is 2.27. The molecule has 0 aliphatic carbocycles. The lowest BCUT2D eigenvalue weighted by Gasteiger charge is -2.30. The molecule has 1 aliphatic heterocycles. The minimum absolute atomic E-state index is 0.0757. The molecule has 7 heteroatoms. The molecule has 1 heterocycles. The lowest BCUT2D eigenvalue weighted by atomic mass is 10.0. The van der Waals surface area contributed by atoms with Gasteiger partial charge >= 0.3 is 6.03 Å². The third-order valence-electron chi connectivity index (χ3n) is 7.59. The largest absolute Gasteiger partial charge is 0.489 e. The molecule has 1 aliphatic rings. The Morgan fingerprint density at radius 1 is 0.875 bits per heavy atom. The van der Waals surface area contributed by atoms with Crippen LogP contribution in [0.15, 0.2) is 54.6 Å². The van der Waals surface area contributed by atoms with Crippen molar-refractivity contribution in [2.45, 2.75) is 84.9 Å². The van der Waals surface area contributed by atoms with Crippen molar-refractivity contribution in [1.29, 1.82) is 0 Å². The highest BCUT2D eigenvalue weighted by atomic mass is 16.5. The van der Waals surface area contributed by atoms with Crippen LogP contribution in [0.3, 0.4) is 0 Å². The van der Waals surface area contributed by atoms with Gasteiger partial charge in [0.2, 0.25) is 5.91 Å². The van der Waals surface area contributed by atoms with Crippen molar-refractivity contribution in [1.82, 2.24) is 20.4 Å². The van der Waals surface area contributed by atoms with E-state index in [-0.39, 0.29) is 23.9 Å². The Bertz CT molecular complexity index is 1000. The second kappa shape index (κ2) is 16.9. The maximum atomic E-state index is 13.6. The van der Waals surface area contributed by atoms with Gasteiger partial charge in [-0.15, -0.1) is 0 Å². The molecule has 2 atom stereocenters. The summed E-state index contributed by atoms with van der Waals surface area (Å²) in [4.78, 5) is 30.9. The highest BCUT2D eigenvalue weighted by Crippen LogP contribution is 2.17. The highest BCUT2D eigenvalue weighted by molar-refractivity contribution is 5.87. The summed E-state index contributed by atoms with van der Waals surface area (Å²) in [7, 11) is 0. The fourth-order valence-corrected chi connectivity index (χ4v) is 5.22. The summed E-state index contributed by atoms with van der Waals surface area (Å²) in [5, 5.41) is 6.38. The van der Waals surface area contributed by atoms with Crippen LogP contribution >= 0.6 is 0 Å². The molecule has 0 unspecified atom stereocenters. The topological polar surface area (TPSA) is 73.9 Å². The molecule has 40 heavy (non-hydrogen) atoms. The molecule has 0 saturated carbocycles. The average Bonchev–Trinajstić information content (AvgIpc) is 3.25. The minimum Gasteiger partial charge on any atom is -0.489 e. The highest BCUT2D eigenvalue weighted by Gasteiger charge is 2.27. The van der Waals surface area contributed by atoms with E-state index in [0.717, 1.165) is 75.3 Å². The van der Waals surface area contributed by atoms with Gasteiger partial charge in [-0.05, 0) is 68.0 Å². The first kappa shape index (κ1) is 31.5. The Balaban J connectivity index is 1.65. The number of nitrogens with one attached hydrogen (secondary N) is 2. The molecule has 0 aromatic heterocycles. The number of hydrogen-bond donors (Lipinski definition) is 2. The van der Waals surface area contributed by atoms with Gasteiger partial charge < -0.3 is 25.2 Å². The van der Waals surface area contributed by atoms with Gasteiger partial charge in [0.1, 0.15) is 18.4 Å². The van der Waals surface area contributed by atoms with Crippen molar-refractivity contribution in [3.05, 3.63) is 65.7 Å². The van der Waals surface area contributed by atoms with E-state index in [4.69, 9.17) is 4.74 Å². The fourth-order valence-electron chi connectivity index (χ4n) is 5.22. The number of benzene rings is 2. The van der Waals surface area contributed by atoms with E-state index in [1.807, 2.05) is 35.2 Å². The van der Waals surface area contributed by atoms with Crippen LogP contribution in [0.1, 0.15) is 70.9 Å². The number of likely N-dealkylation sites (tertiary alicyclic amines) is 1. The second-order valence-electron chi connectivity index (χ2n) is 11.3. The van der Waals surface area contributed by atoms with E-state index in [9.17, 15) is 9.59 Å². The Hall–Kier alpha value is -3.06. The zero-order valence-electron chi connectivity index (χ0n) is 25.0. The predicted molar refractivity (Wildman–Crippen MR) is 162 cm³/mol. The molecule has 1 saturated heterocycles. The smallest absolute Gasteiger partial charge is 0.318 e. The lowest BCUT2D eigenvalue weighted by molar-refractivity contribution is -0.124. The minimum atomic E-state index is -0.552. The first-order valence-electron chi connectivity index (χ1n) is 15.2. The molecule has 3 rings (SSSR count). The average molecular weight is 551 g/mol. The van der Waals surface area contributed by atoms with Gasteiger partial charge in [0.25, 0.3) is 0 Å². The third-order valence-corrected chi connectivity index (χ3v) is 7.59. The maximum Gasteiger partial charge on any atom is 0.318 e. The van der Waals surface area contributed by atoms with Crippen molar-refractivity contribution in [2.75, 3.05) is 32.7 Å². The van der Waals surface area contributed by atoms with E-state index in [0.29, 0.717) is 19.4 Å². The van der Waals surface area contributed by atoms with Gasteiger partial charge in [-0.3, -0.25) is 4.79 Å². The molecule has 0 spiro atoms. The van der Waals surface area contributed by atoms with Gasteiger partial charge in [0.15, 0.2) is 0 Å². The standard InChI is InChI=1S/C33H50N4O3/c1-5-36(6-2)24-29(23-27-16-18-30(19-17-27)40-25-28-14-10-9-11-15-28)34-32(38)31(22-26(3)4)35-33(39)37-20-12-7-8-13-21-37/h9-11,14-19,26,29,31H,5-8,12-13,20-25H2,1-4H3,(H,34,38)(H,35,39)/t29-,31-/m0/s1. The Labute approximate surface area is 241 Å². The van der Waals surface area contributed by atoms with Crippen LogP contribution in [0.2, 0.25) is 0 Å². The number of ether oxygens (including phenoxy) is 1. The van der Waals surface area contributed by atoms with E-state index in [2.05, 4.69) is 67.5 Å². The first-order chi connectivity index (χ1) is 19.4. The zero-order valence-corrected chi connectivity index (χ0v) is 25.0. The molecular formula is C33H50N4O3. The summed E-state index contributed by atoms with van der Waals surface area (Å²) in [6, 6.07) is 17.5. The fraction of sp³-hybridized carbons (Fsp3) is 0.576. The Morgan fingerprint density at radius 2 is 1.52 bits per heavy atom. The number of amides is 3. The van der Waals surface area contributed by atoms with Crippen molar-refractivity contribution in [3.8, 4) is 5.75 Å². The van der Waals surface area contributed by atoms with Crippen LogP contribution in [0.4, 0.5) is 4.79 Å². The van der Waals surface area contributed by atoms with Gasteiger partial charge in [-0.25, -0.2) is 4.79 Å². The maximum absolute atomic E-state index is 13.6. The molecular weight excluding hydrogens is 500 g/mol. The van der Waals surface area contributed by atoms with Crippen LogP contribution in [-0.4, -0.2) is 66.5 Å². The molecule has 0 bridgehead atoms. The molecule has 2 N–H and O–H groups in total. The van der Waals surface area contributed by atoms with Crippen molar-refractivity contribution in [2.24, 2.45) is 5.92 Å². The molecule has 3 amide bonds. The molecule has 220 valence electrons. The first-order valence-corrected chi connectivity index (χ1v) is 15.2. The number of likely N-dealkylation sites (N-methyl/N-ethyl adjacent to an activating group) is 1. The van der Waals surface area contributed by atoms with Gasteiger partial charge in [-0.2, -0.15) is 0 Å². The summed E-state index contributed by atoms with van der Waals surface area (Å²) in [5.74, 6) is 1.01. The predicted octanol–water partition coefficient (Wildman–Crippen LogP) is 5.64. The van der Waals surface area contributed by atoms with Crippen LogP contribution in [0.25, 0.3) is 0 Å². The Kier molecular flexibility index (Phi) is 13.3. The summed E-state index contributed by atoms with van der Waals surface area (Å²) in [6.07, 6.45) is 5.68.